The van der Waals surface area contributed by atoms with Crippen molar-refractivity contribution in [1.82, 2.24) is 9.62 Å². The van der Waals surface area contributed by atoms with Gasteiger partial charge in [-0.05, 0) is 69.2 Å². The number of carbonyl (C=O) groups excluding carboxylic acids is 1. The molecule has 1 amide bonds. The molecular weight excluding hydrogens is 372 g/mol. The maximum absolute atomic E-state index is 12.9. The molecule has 1 aliphatic carbocycles. The van der Waals surface area contributed by atoms with E-state index in [1.165, 1.54) is 34.9 Å². The van der Waals surface area contributed by atoms with E-state index in [-0.39, 0.29) is 10.8 Å². The molecule has 1 heterocycles. The molecule has 2 aliphatic rings. The fourth-order valence-corrected chi connectivity index (χ4v) is 5.41. The predicted octanol–water partition coefficient (Wildman–Crippen LogP) is 3.50. The van der Waals surface area contributed by atoms with Crippen molar-refractivity contribution in [1.29, 1.82) is 0 Å². The summed E-state index contributed by atoms with van der Waals surface area (Å²) in [6, 6.07) is 5.45. The lowest BCUT2D eigenvalue weighted by atomic mass is 9.97. The number of benzene rings is 1. The van der Waals surface area contributed by atoms with Gasteiger partial charge in [-0.1, -0.05) is 23.3 Å². The largest absolute Gasteiger partial charge is 0.354 e. The maximum Gasteiger partial charge on any atom is 0.243 e. The molecule has 0 unspecified atom stereocenters. The molecule has 0 radical (unpaired) electrons. The molecule has 1 N–H and O–H groups in total. The number of allylic oxidation sites excluding steroid dienone is 1. The lowest BCUT2D eigenvalue weighted by molar-refractivity contribution is -0.124. The maximum atomic E-state index is 12.9. The summed E-state index contributed by atoms with van der Waals surface area (Å²) in [6.45, 7) is 0.935. The van der Waals surface area contributed by atoms with Gasteiger partial charge in [-0.2, -0.15) is 4.31 Å². The van der Waals surface area contributed by atoms with E-state index >= 15 is 0 Å². The van der Waals surface area contributed by atoms with Gasteiger partial charge >= 0.3 is 0 Å². The van der Waals surface area contributed by atoms with Gasteiger partial charge in [-0.25, -0.2) is 8.42 Å². The normalized spacial score (nSPS) is 21.4. The van der Waals surface area contributed by atoms with Crippen LogP contribution in [0.15, 0.2) is 40.8 Å². The van der Waals surface area contributed by atoms with Crippen molar-refractivity contribution in [3.63, 3.8) is 0 Å². The topological polar surface area (TPSA) is 66.5 Å². The zero-order valence-electron chi connectivity index (χ0n) is 14.8. The summed E-state index contributed by atoms with van der Waals surface area (Å²) in [5.41, 5.74) is 1.40. The van der Waals surface area contributed by atoms with Crippen LogP contribution in [0.3, 0.4) is 0 Å². The van der Waals surface area contributed by atoms with Gasteiger partial charge in [0.2, 0.25) is 15.9 Å². The van der Waals surface area contributed by atoms with Crippen LogP contribution >= 0.6 is 11.6 Å². The van der Waals surface area contributed by atoms with Crippen LogP contribution < -0.4 is 5.32 Å². The Hall–Kier alpha value is -1.37. The summed E-state index contributed by atoms with van der Waals surface area (Å²) in [4.78, 5) is 12.7. The van der Waals surface area contributed by atoms with Crippen LogP contribution in [0.1, 0.15) is 44.9 Å². The highest BCUT2D eigenvalue weighted by Gasteiger charge is 2.39. The molecule has 1 aliphatic heterocycles. The molecule has 0 saturated carbocycles. The lowest BCUT2D eigenvalue weighted by Crippen LogP contribution is -2.46. The van der Waals surface area contributed by atoms with Gasteiger partial charge < -0.3 is 5.32 Å². The number of amides is 1. The minimum Gasteiger partial charge on any atom is -0.354 e. The Morgan fingerprint density at radius 3 is 2.65 bits per heavy atom. The van der Waals surface area contributed by atoms with E-state index < -0.39 is 16.1 Å². The number of nitrogens with one attached hydrogen (secondary N) is 1. The molecular formula is C19H25ClN2O3S. The standard InChI is InChI=1S/C19H25ClN2O3S/c20-16-8-10-17(11-9-16)26(24,25)22-14-4-7-18(22)19(23)21-13-12-15-5-2-1-3-6-15/h5,8-11,18H,1-4,6-7,12-14H2,(H,21,23)/t18-/m0/s1. The first-order valence-corrected chi connectivity index (χ1v) is 11.0. The molecule has 0 spiro atoms. The van der Waals surface area contributed by atoms with Crippen LogP contribution in [0.5, 0.6) is 0 Å². The second kappa shape index (κ2) is 8.55. The molecule has 1 aromatic carbocycles. The summed E-state index contributed by atoms with van der Waals surface area (Å²) in [7, 11) is -3.69. The molecule has 0 bridgehead atoms. The van der Waals surface area contributed by atoms with E-state index in [2.05, 4.69) is 11.4 Å². The first kappa shape index (κ1) is 19.4. The average molecular weight is 397 g/mol. The smallest absolute Gasteiger partial charge is 0.243 e. The van der Waals surface area contributed by atoms with Crippen LogP contribution in [-0.2, 0) is 14.8 Å². The van der Waals surface area contributed by atoms with Gasteiger partial charge in [-0.3, -0.25) is 4.79 Å². The Balaban J connectivity index is 1.62. The summed E-state index contributed by atoms with van der Waals surface area (Å²) >= 11 is 5.84. The van der Waals surface area contributed by atoms with Crippen molar-refractivity contribution >= 4 is 27.5 Å². The van der Waals surface area contributed by atoms with E-state index in [0.29, 0.717) is 31.0 Å². The highest BCUT2D eigenvalue weighted by molar-refractivity contribution is 7.89. The van der Waals surface area contributed by atoms with Gasteiger partial charge in [-0.15, -0.1) is 0 Å². The second-order valence-corrected chi connectivity index (χ2v) is 9.20. The third kappa shape index (κ3) is 4.48. The highest BCUT2D eigenvalue weighted by Crippen LogP contribution is 2.27. The molecule has 142 valence electrons. The fourth-order valence-electron chi connectivity index (χ4n) is 3.63. The van der Waals surface area contributed by atoms with Crippen molar-refractivity contribution in [3.05, 3.63) is 40.9 Å². The number of rotatable bonds is 6. The Morgan fingerprint density at radius 1 is 1.19 bits per heavy atom. The highest BCUT2D eigenvalue weighted by atomic mass is 35.5. The molecule has 1 atom stereocenters. The van der Waals surface area contributed by atoms with E-state index in [1.54, 1.807) is 12.1 Å². The Labute approximate surface area is 160 Å². The number of hydrogen-bond donors (Lipinski definition) is 1. The molecule has 5 nitrogen and oxygen atoms in total. The van der Waals surface area contributed by atoms with Gasteiger partial charge in [0.25, 0.3) is 0 Å². The summed E-state index contributed by atoms with van der Waals surface area (Å²) in [6.07, 6.45) is 9.06. The van der Waals surface area contributed by atoms with E-state index in [0.717, 1.165) is 19.3 Å². The zero-order valence-corrected chi connectivity index (χ0v) is 16.4. The number of halogens is 1. The SMILES string of the molecule is O=C(NCCC1=CCCCC1)[C@@H]1CCCN1S(=O)(=O)c1ccc(Cl)cc1. The number of carbonyl (C=O) groups is 1. The van der Waals surface area contributed by atoms with Gasteiger partial charge in [0.15, 0.2) is 0 Å². The fraction of sp³-hybridized carbons (Fsp3) is 0.526. The van der Waals surface area contributed by atoms with Crippen LogP contribution in [0.4, 0.5) is 0 Å². The molecule has 0 aromatic heterocycles. The number of hydrogen-bond acceptors (Lipinski definition) is 3. The van der Waals surface area contributed by atoms with Crippen molar-refractivity contribution in [2.24, 2.45) is 0 Å². The molecule has 1 saturated heterocycles. The van der Waals surface area contributed by atoms with Crippen molar-refractivity contribution in [2.75, 3.05) is 13.1 Å². The van der Waals surface area contributed by atoms with Crippen molar-refractivity contribution < 1.29 is 13.2 Å². The minimum atomic E-state index is -3.69. The van der Waals surface area contributed by atoms with Gasteiger partial charge in [0.1, 0.15) is 6.04 Å². The average Bonchev–Trinajstić information content (AvgIpc) is 3.14. The van der Waals surface area contributed by atoms with Crippen LogP contribution in [-0.4, -0.2) is 37.8 Å². The summed E-state index contributed by atoms with van der Waals surface area (Å²) in [5.74, 6) is -0.198. The third-order valence-corrected chi connectivity index (χ3v) is 7.23. The monoisotopic (exact) mass is 396 g/mol. The lowest BCUT2D eigenvalue weighted by Gasteiger charge is -2.23. The molecule has 1 fully saturated rings. The van der Waals surface area contributed by atoms with Gasteiger partial charge in [0, 0.05) is 18.1 Å². The number of sulfonamides is 1. The van der Waals surface area contributed by atoms with E-state index in [1.807, 2.05) is 0 Å². The molecule has 3 rings (SSSR count). The first-order valence-electron chi connectivity index (χ1n) is 9.21. The third-order valence-electron chi connectivity index (χ3n) is 5.06. The van der Waals surface area contributed by atoms with E-state index in [9.17, 15) is 13.2 Å². The quantitative estimate of drug-likeness (QED) is 0.748. The van der Waals surface area contributed by atoms with Crippen LogP contribution in [0, 0.1) is 0 Å². The Morgan fingerprint density at radius 2 is 1.96 bits per heavy atom. The van der Waals surface area contributed by atoms with E-state index in [4.69, 9.17) is 11.6 Å². The van der Waals surface area contributed by atoms with Crippen molar-refractivity contribution in [3.8, 4) is 0 Å². The Kier molecular flexibility index (Phi) is 6.37. The van der Waals surface area contributed by atoms with Crippen LogP contribution in [0.2, 0.25) is 5.02 Å². The van der Waals surface area contributed by atoms with Crippen LogP contribution in [0.25, 0.3) is 0 Å². The minimum absolute atomic E-state index is 0.175. The first-order chi connectivity index (χ1) is 12.5. The zero-order chi connectivity index (χ0) is 18.6. The Bertz CT molecular complexity index is 774. The predicted molar refractivity (Wildman–Crippen MR) is 103 cm³/mol. The molecule has 7 heteroatoms. The summed E-state index contributed by atoms with van der Waals surface area (Å²) < 4.78 is 27.1. The van der Waals surface area contributed by atoms with Gasteiger partial charge in [0.05, 0.1) is 4.90 Å². The molecule has 1 aromatic rings. The number of nitrogens with zero attached hydrogens (tertiary/aromatic N) is 1. The second-order valence-electron chi connectivity index (χ2n) is 6.88. The molecule has 26 heavy (non-hydrogen) atoms. The summed E-state index contributed by atoms with van der Waals surface area (Å²) in [5, 5.41) is 3.41. The van der Waals surface area contributed by atoms with Crippen molar-refractivity contribution in [2.45, 2.75) is 55.9 Å².